The van der Waals surface area contributed by atoms with Gasteiger partial charge in [-0.05, 0) is 30.8 Å². The Hall–Kier alpha value is -1.31. The third-order valence-corrected chi connectivity index (χ3v) is 4.17. The zero-order valence-electron chi connectivity index (χ0n) is 13.7. The fourth-order valence-electron chi connectivity index (χ4n) is 2.06. The molecule has 0 saturated heterocycles. The molecule has 0 aromatic rings. The highest BCUT2D eigenvalue weighted by Crippen LogP contribution is 2.36. The lowest BCUT2D eigenvalue weighted by Crippen LogP contribution is -2.37. The summed E-state index contributed by atoms with van der Waals surface area (Å²) < 4.78 is 5.49. The van der Waals surface area contributed by atoms with Gasteiger partial charge in [0.15, 0.2) is 0 Å². The van der Waals surface area contributed by atoms with E-state index in [1.54, 1.807) is 12.2 Å². The fourth-order valence-corrected chi connectivity index (χ4v) is 2.06. The third-order valence-electron chi connectivity index (χ3n) is 4.17. The van der Waals surface area contributed by atoms with E-state index < -0.39 is 5.41 Å². The van der Waals surface area contributed by atoms with Crippen molar-refractivity contribution in [2.75, 3.05) is 6.61 Å². The Labute approximate surface area is 124 Å². The lowest BCUT2D eigenvalue weighted by Gasteiger charge is -2.33. The van der Waals surface area contributed by atoms with Gasteiger partial charge in [0, 0.05) is 0 Å². The van der Waals surface area contributed by atoms with Crippen LogP contribution in [0.15, 0.2) is 37.0 Å². The van der Waals surface area contributed by atoms with E-state index in [0.29, 0.717) is 5.92 Å². The van der Waals surface area contributed by atoms with Gasteiger partial charge in [0.05, 0.1) is 5.41 Å². The second kappa shape index (κ2) is 8.78. The molecular formula is C18H30O2. The predicted octanol–water partition coefficient (Wildman–Crippen LogP) is 4.93. The van der Waals surface area contributed by atoms with Crippen molar-refractivity contribution in [3.63, 3.8) is 0 Å². The first kappa shape index (κ1) is 18.7. The van der Waals surface area contributed by atoms with E-state index in [0.717, 1.165) is 18.4 Å². The highest BCUT2D eigenvalue weighted by atomic mass is 16.5. The molecule has 0 aliphatic carbocycles. The molecule has 0 aromatic carbocycles. The largest absolute Gasteiger partial charge is 0.460 e. The van der Waals surface area contributed by atoms with Crippen molar-refractivity contribution in [2.45, 2.75) is 47.5 Å². The molecule has 2 unspecified atom stereocenters. The molecule has 0 fully saturated rings. The van der Waals surface area contributed by atoms with E-state index in [4.69, 9.17) is 4.74 Å². The summed E-state index contributed by atoms with van der Waals surface area (Å²) in [4.78, 5) is 12.5. The highest BCUT2D eigenvalue weighted by Gasteiger charge is 2.39. The Morgan fingerprint density at radius 1 is 1.30 bits per heavy atom. The van der Waals surface area contributed by atoms with Crippen LogP contribution in [0.1, 0.15) is 47.5 Å². The van der Waals surface area contributed by atoms with E-state index >= 15 is 0 Å². The van der Waals surface area contributed by atoms with E-state index in [1.807, 2.05) is 13.0 Å². The first-order chi connectivity index (χ1) is 9.31. The van der Waals surface area contributed by atoms with Crippen molar-refractivity contribution < 1.29 is 9.53 Å². The normalized spacial score (nSPS) is 16.4. The number of carbonyl (C=O) groups is 1. The molecule has 0 aromatic heterocycles. The SMILES string of the molecule is C=C/C=C(\C=C)COC(=O)C(C)(CC(C)CC)C(C)C. The molecule has 0 heterocycles. The fraction of sp³-hybridized carbons (Fsp3) is 0.611. The Kier molecular flexibility index (Phi) is 8.21. The van der Waals surface area contributed by atoms with Crippen molar-refractivity contribution in [1.82, 2.24) is 0 Å². The number of hydrogen-bond donors (Lipinski definition) is 0. The van der Waals surface area contributed by atoms with E-state index in [2.05, 4.69) is 40.9 Å². The van der Waals surface area contributed by atoms with E-state index in [1.165, 1.54) is 0 Å². The maximum Gasteiger partial charge on any atom is 0.312 e. The smallest absolute Gasteiger partial charge is 0.312 e. The van der Waals surface area contributed by atoms with Gasteiger partial charge in [-0.15, -0.1) is 0 Å². The molecule has 0 aliphatic rings. The number of rotatable bonds is 9. The van der Waals surface area contributed by atoms with Gasteiger partial charge in [-0.3, -0.25) is 4.79 Å². The van der Waals surface area contributed by atoms with Crippen LogP contribution in [-0.2, 0) is 9.53 Å². The van der Waals surface area contributed by atoms with Crippen LogP contribution >= 0.6 is 0 Å². The zero-order chi connectivity index (χ0) is 15.8. The topological polar surface area (TPSA) is 26.3 Å². The molecule has 0 spiro atoms. The van der Waals surface area contributed by atoms with Crippen LogP contribution in [0.25, 0.3) is 0 Å². The van der Waals surface area contributed by atoms with Crippen LogP contribution in [0.5, 0.6) is 0 Å². The van der Waals surface area contributed by atoms with Gasteiger partial charge in [0.25, 0.3) is 0 Å². The zero-order valence-corrected chi connectivity index (χ0v) is 13.7. The molecule has 114 valence electrons. The van der Waals surface area contributed by atoms with Crippen LogP contribution in [0.2, 0.25) is 0 Å². The summed E-state index contributed by atoms with van der Waals surface area (Å²) in [7, 11) is 0. The summed E-state index contributed by atoms with van der Waals surface area (Å²) in [6.07, 6.45) is 7.10. The molecule has 2 nitrogen and oxygen atoms in total. The molecule has 0 N–H and O–H groups in total. The maximum atomic E-state index is 12.5. The number of carbonyl (C=O) groups excluding carboxylic acids is 1. The van der Waals surface area contributed by atoms with Crippen molar-refractivity contribution >= 4 is 5.97 Å². The van der Waals surface area contributed by atoms with Crippen molar-refractivity contribution in [2.24, 2.45) is 17.3 Å². The second-order valence-corrected chi connectivity index (χ2v) is 6.05. The molecule has 0 aliphatic heterocycles. The highest BCUT2D eigenvalue weighted by molar-refractivity contribution is 5.77. The van der Waals surface area contributed by atoms with E-state index in [9.17, 15) is 4.79 Å². The first-order valence-electron chi connectivity index (χ1n) is 7.43. The predicted molar refractivity (Wildman–Crippen MR) is 86.5 cm³/mol. The van der Waals surface area contributed by atoms with Crippen LogP contribution in [-0.4, -0.2) is 12.6 Å². The summed E-state index contributed by atoms with van der Waals surface area (Å²) in [6.45, 7) is 18.1. The first-order valence-corrected chi connectivity index (χ1v) is 7.43. The monoisotopic (exact) mass is 278 g/mol. The average molecular weight is 278 g/mol. The molecule has 0 bridgehead atoms. The van der Waals surface area contributed by atoms with Crippen molar-refractivity contribution in [3.05, 3.63) is 37.0 Å². The van der Waals surface area contributed by atoms with Gasteiger partial charge in [0.2, 0.25) is 0 Å². The van der Waals surface area contributed by atoms with E-state index in [-0.39, 0.29) is 18.5 Å². The average Bonchev–Trinajstić information content (AvgIpc) is 2.42. The molecule has 0 saturated carbocycles. The Morgan fingerprint density at radius 3 is 2.30 bits per heavy atom. The summed E-state index contributed by atoms with van der Waals surface area (Å²) in [5.41, 5.74) is 0.429. The minimum atomic E-state index is -0.435. The summed E-state index contributed by atoms with van der Waals surface area (Å²) in [5.74, 6) is 0.640. The molecular weight excluding hydrogens is 248 g/mol. The van der Waals surface area contributed by atoms with Gasteiger partial charge >= 0.3 is 5.97 Å². The lowest BCUT2D eigenvalue weighted by molar-refractivity contribution is -0.158. The number of esters is 1. The van der Waals surface area contributed by atoms with Crippen LogP contribution in [0.4, 0.5) is 0 Å². The number of ether oxygens (including phenoxy) is 1. The van der Waals surface area contributed by atoms with Crippen molar-refractivity contribution in [3.8, 4) is 0 Å². The lowest BCUT2D eigenvalue weighted by atomic mass is 9.72. The minimum Gasteiger partial charge on any atom is -0.460 e. The van der Waals surface area contributed by atoms with Gasteiger partial charge in [-0.1, -0.05) is 65.5 Å². The molecule has 2 atom stereocenters. The number of hydrogen-bond acceptors (Lipinski definition) is 2. The Balaban J connectivity index is 4.86. The van der Waals surface area contributed by atoms with Crippen LogP contribution < -0.4 is 0 Å². The molecule has 0 rings (SSSR count). The third kappa shape index (κ3) is 5.36. The number of allylic oxidation sites excluding steroid dienone is 2. The summed E-state index contributed by atoms with van der Waals surface area (Å²) >= 11 is 0. The molecule has 0 radical (unpaired) electrons. The quantitative estimate of drug-likeness (QED) is 0.442. The van der Waals surface area contributed by atoms with Gasteiger partial charge in [0.1, 0.15) is 6.61 Å². The Bertz CT molecular complexity index is 366. The molecule has 2 heteroatoms. The summed E-state index contributed by atoms with van der Waals surface area (Å²) in [5, 5.41) is 0. The molecule has 0 amide bonds. The standard InChI is InChI=1S/C18H30O2/c1-8-11-16(10-3)13-20-17(19)18(7,14(4)5)12-15(6)9-2/h8,10-11,14-15H,1,3,9,12-13H2,2,4-7H3/b16-11+. The maximum absolute atomic E-state index is 12.5. The van der Waals surface area contributed by atoms with Gasteiger partial charge < -0.3 is 4.74 Å². The van der Waals surface area contributed by atoms with Crippen LogP contribution in [0, 0.1) is 17.3 Å². The molecule has 20 heavy (non-hydrogen) atoms. The van der Waals surface area contributed by atoms with Crippen molar-refractivity contribution in [1.29, 1.82) is 0 Å². The minimum absolute atomic E-state index is 0.121. The second-order valence-electron chi connectivity index (χ2n) is 6.05. The Morgan fingerprint density at radius 2 is 1.90 bits per heavy atom. The van der Waals surface area contributed by atoms with Crippen LogP contribution in [0.3, 0.4) is 0 Å². The van der Waals surface area contributed by atoms with Gasteiger partial charge in [-0.2, -0.15) is 0 Å². The summed E-state index contributed by atoms with van der Waals surface area (Å²) in [6, 6.07) is 0. The van der Waals surface area contributed by atoms with Gasteiger partial charge in [-0.25, -0.2) is 0 Å².